The van der Waals surface area contributed by atoms with Crippen molar-refractivity contribution in [3.05, 3.63) is 121 Å². The van der Waals surface area contributed by atoms with Gasteiger partial charge in [0.05, 0.1) is 42.7 Å². The summed E-state index contributed by atoms with van der Waals surface area (Å²) in [6, 6.07) is 4.32. The summed E-state index contributed by atoms with van der Waals surface area (Å²) in [5.41, 5.74) is -4.25. The molecule has 1 aromatic carbocycles. The molecule has 0 atom stereocenters. The smallest absolute Gasteiger partial charge is 0.411 e. The molecule has 0 fully saturated rings. The van der Waals surface area contributed by atoms with Gasteiger partial charge in [-0.15, -0.1) is 0 Å². The van der Waals surface area contributed by atoms with E-state index in [-0.39, 0.29) is 75.8 Å². The van der Waals surface area contributed by atoms with Gasteiger partial charge in [-0.1, -0.05) is 58.7 Å². The molecule has 2 amide bonds. The second-order valence-electron chi connectivity index (χ2n) is 19.9. The number of benzene rings is 1. The molecule has 82 heavy (non-hydrogen) atoms. The first-order valence-electron chi connectivity index (χ1n) is 24.9. The summed E-state index contributed by atoms with van der Waals surface area (Å²) in [6.07, 6.45) is -2.20. The maximum absolute atomic E-state index is 13.8. The zero-order valence-corrected chi connectivity index (χ0v) is 48.3. The number of esters is 8. The number of aryl methyl sites for hydroxylation is 1. The highest BCUT2D eigenvalue weighted by Gasteiger charge is 2.42. The average Bonchev–Trinajstić information content (AvgIpc) is 3.43. The molecule has 1 aromatic rings. The van der Waals surface area contributed by atoms with Crippen molar-refractivity contribution in [1.82, 2.24) is 0 Å². The van der Waals surface area contributed by atoms with E-state index in [0.29, 0.717) is 5.56 Å². The summed E-state index contributed by atoms with van der Waals surface area (Å²) in [6.45, 7) is 33.9. The predicted molar refractivity (Wildman–Crippen MR) is 296 cm³/mol. The average molecular weight is 1150 g/mol. The van der Waals surface area contributed by atoms with Gasteiger partial charge >= 0.3 is 59.9 Å². The van der Waals surface area contributed by atoms with Crippen molar-refractivity contribution in [3.63, 3.8) is 0 Å². The summed E-state index contributed by atoms with van der Waals surface area (Å²) in [4.78, 5) is 128. The minimum Gasteiger partial charge on any atom is -0.461 e. The van der Waals surface area contributed by atoms with Gasteiger partial charge in [-0.05, 0) is 80.0 Å². The first-order chi connectivity index (χ1) is 38.2. The molecule has 24 nitrogen and oxygen atoms in total. The third-order valence-electron chi connectivity index (χ3n) is 10.8. The minimum absolute atomic E-state index is 0.000824. The summed E-state index contributed by atoms with van der Waals surface area (Å²) >= 11 is 0. The molecular weight excluding hydrogens is 1080 g/mol. The molecule has 0 aliphatic rings. The van der Waals surface area contributed by atoms with Gasteiger partial charge in [0.2, 0.25) is 0 Å². The molecule has 0 heterocycles. The molecule has 0 radical (unpaired) electrons. The molecule has 0 saturated heterocycles. The van der Waals surface area contributed by atoms with Crippen molar-refractivity contribution in [2.24, 2.45) is 16.2 Å². The van der Waals surface area contributed by atoms with Gasteiger partial charge < -0.3 is 56.8 Å². The summed E-state index contributed by atoms with van der Waals surface area (Å²) in [5, 5.41) is 5.08. The van der Waals surface area contributed by atoms with Crippen LogP contribution in [-0.4, -0.2) is 152 Å². The van der Waals surface area contributed by atoms with E-state index in [1.54, 1.807) is 6.92 Å². The fraction of sp³-hybridized carbons (Fsp3) is 0.448. The third kappa shape index (κ3) is 26.5. The number of ether oxygens (including phenoxy) is 12. The van der Waals surface area contributed by atoms with E-state index in [4.69, 9.17) is 56.8 Å². The number of carbonyl (C=O) groups is 10. The van der Waals surface area contributed by atoms with Gasteiger partial charge in [0.25, 0.3) is 0 Å². The Balaban J connectivity index is 3.67. The maximum Gasteiger partial charge on any atom is 0.411 e. The number of hydrogen-bond acceptors (Lipinski definition) is 22. The minimum atomic E-state index is -1.78. The van der Waals surface area contributed by atoms with Crippen molar-refractivity contribution in [2.75, 3.05) is 103 Å². The highest BCUT2D eigenvalue weighted by molar-refractivity contribution is 5.91. The zero-order valence-electron chi connectivity index (χ0n) is 48.3. The molecular formula is C58H76N2O22. The van der Waals surface area contributed by atoms with Crippen LogP contribution in [0.15, 0.2) is 115 Å². The molecule has 2 N–H and O–H groups in total. The lowest BCUT2D eigenvalue weighted by atomic mass is 9.90. The Morgan fingerprint density at radius 2 is 0.598 bits per heavy atom. The lowest BCUT2D eigenvalue weighted by molar-refractivity contribution is -0.168. The van der Waals surface area contributed by atoms with Crippen molar-refractivity contribution in [3.8, 4) is 0 Å². The SMILES string of the molecule is C=C(C)C(=O)OCCOCC(COC(=O)Nc1ccc(C)c(NC(=O)OCC(COCC(COC(=O)C(=C)C)(COC(=O)C(=C)C)COC(=O)C(=C)C)(COC(=O)C(=C)C)COC(=O)C(=C)C)c1)(COC(=O)C(=C)C)COC(=O)C(=C)C. The van der Waals surface area contributed by atoms with E-state index in [2.05, 4.69) is 63.3 Å². The molecule has 0 saturated carbocycles. The van der Waals surface area contributed by atoms with Crippen LogP contribution in [0.3, 0.4) is 0 Å². The van der Waals surface area contributed by atoms with Crippen LogP contribution in [0.2, 0.25) is 0 Å². The standard InChI is InChI=1S/C58H76N2O22/c1-35(2)46(61)73-21-20-71-23-56(26-74-47(62)36(3)4,27-75-48(63)37(5)6)33-81-54(69)59-44-19-18-43(17)45(22-44)60-55(70)82-34-58(31-79-52(67)41(13)14,32-80-53(68)42(15)16)25-72-24-57(28-76-49(64)38(7)8,29-77-50(65)39(9)10)30-78-51(66)40(11)12/h18-19,22H,1,3,5,7,9,11,13,15,20-21,23-34H2,2,4,6,8,10,12,14,16-17H3,(H,59,69)(H,60,70). The molecule has 0 unspecified atom stereocenters. The fourth-order valence-electron chi connectivity index (χ4n) is 5.80. The summed E-state index contributed by atoms with van der Waals surface area (Å²) in [5.74, 6) is -6.67. The lowest BCUT2D eigenvalue weighted by Gasteiger charge is -2.35. The molecule has 1 rings (SSSR count). The number of rotatable bonds is 37. The van der Waals surface area contributed by atoms with Crippen LogP contribution in [-0.2, 0) is 95.2 Å². The van der Waals surface area contributed by atoms with Crippen LogP contribution < -0.4 is 10.6 Å². The van der Waals surface area contributed by atoms with Crippen LogP contribution in [0, 0.1) is 23.2 Å². The molecule has 0 aliphatic heterocycles. The molecule has 0 aliphatic carbocycles. The Labute approximate surface area is 477 Å². The third-order valence-corrected chi connectivity index (χ3v) is 10.8. The molecule has 0 bridgehead atoms. The number of carbonyl (C=O) groups excluding carboxylic acids is 10. The van der Waals surface area contributed by atoms with E-state index in [0.717, 1.165) is 0 Å². The predicted octanol–water partition coefficient (Wildman–Crippen LogP) is 7.04. The molecule has 0 aromatic heterocycles. The Morgan fingerprint density at radius 3 is 0.890 bits per heavy atom. The number of amides is 2. The van der Waals surface area contributed by atoms with Gasteiger partial charge in [-0.3, -0.25) is 10.6 Å². The zero-order chi connectivity index (χ0) is 62.5. The first-order valence-corrected chi connectivity index (χ1v) is 24.9. The highest BCUT2D eigenvalue weighted by atomic mass is 16.6. The molecule has 24 heteroatoms. The van der Waals surface area contributed by atoms with Gasteiger partial charge in [-0.25, -0.2) is 47.9 Å². The normalized spacial score (nSPS) is 10.9. The second kappa shape index (κ2) is 34.5. The van der Waals surface area contributed by atoms with Gasteiger partial charge in [-0.2, -0.15) is 0 Å². The van der Waals surface area contributed by atoms with Crippen LogP contribution in [0.25, 0.3) is 0 Å². The largest absolute Gasteiger partial charge is 0.461 e. The van der Waals surface area contributed by atoms with E-state index < -0.39 is 149 Å². The van der Waals surface area contributed by atoms with Gasteiger partial charge in [0.1, 0.15) is 66.1 Å². The van der Waals surface area contributed by atoms with Crippen molar-refractivity contribution in [2.45, 2.75) is 62.3 Å². The quantitative estimate of drug-likeness (QED) is 0.0292. The van der Waals surface area contributed by atoms with Crippen LogP contribution in [0.4, 0.5) is 21.0 Å². The number of hydrogen-bond donors (Lipinski definition) is 2. The molecule has 450 valence electrons. The van der Waals surface area contributed by atoms with Gasteiger partial charge in [0, 0.05) is 56.0 Å². The van der Waals surface area contributed by atoms with E-state index in [9.17, 15) is 47.9 Å². The van der Waals surface area contributed by atoms with E-state index >= 15 is 0 Å². The van der Waals surface area contributed by atoms with Crippen molar-refractivity contribution < 1.29 is 105 Å². The maximum atomic E-state index is 13.8. The van der Waals surface area contributed by atoms with E-state index in [1.165, 1.54) is 73.6 Å². The Kier molecular flexibility index (Phi) is 30.0. The lowest BCUT2D eigenvalue weighted by Crippen LogP contribution is -2.47. The number of nitrogens with one attached hydrogen (secondary N) is 2. The monoisotopic (exact) mass is 1150 g/mol. The van der Waals surface area contributed by atoms with Crippen LogP contribution in [0.1, 0.15) is 61.0 Å². The Morgan fingerprint density at radius 1 is 0.341 bits per heavy atom. The van der Waals surface area contributed by atoms with E-state index in [1.807, 2.05) is 0 Å². The second-order valence-corrected chi connectivity index (χ2v) is 19.9. The Bertz CT molecular complexity index is 2530. The highest BCUT2D eigenvalue weighted by Crippen LogP contribution is 2.29. The number of anilines is 2. The first kappa shape index (κ1) is 71.4. The van der Waals surface area contributed by atoms with Gasteiger partial charge in [0.15, 0.2) is 0 Å². The Hall–Kier alpha value is -8.64. The van der Waals surface area contributed by atoms with Crippen LogP contribution in [0.5, 0.6) is 0 Å². The summed E-state index contributed by atoms with van der Waals surface area (Å²) in [7, 11) is 0. The topological polar surface area (TPSA) is 306 Å². The van der Waals surface area contributed by atoms with Crippen molar-refractivity contribution >= 4 is 71.3 Å². The fourth-order valence-corrected chi connectivity index (χ4v) is 5.80. The van der Waals surface area contributed by atoms with Crippen molar-refractivity contribution in [1.29, 1.82) is 0 Å². The van der Waals surface area contributed by atoms with Crippen LogP contribution >= 0.6 is 0 Å². The summed E-state index contributed by atoms with van der Waals surface area (Å²) < 4.78 is 66.5. The molecule has 0 spiro atoms.